The number of aromatic nitrogens is 2. The number of nitrogens with zero attached hydrogens (tertiary/aromatic N) is 2. The highest BCUT2D eigenvalue weighted by atomic mass is 32.2. The van der Waals surface area contributed by atoms with Crippen molar-refractivity contribution in [2.75, 3.05) is 18.6 Å². The van der Waals surface area contributed by atoms with Crippen LogP contribution in [0.3, 0.4) is 0 Å². The van der Waals surface area contributed by atoms with Crippen LogP contribution in [0.4, 0.5) is 10.2 Å². The van der Waals surface area contributed by atoms with Crippen LogP contribution in [0.5, 0.6) is 17.4 Å². The normalized spacial score (nSPS) is 11.3. The number of benzene rings is 2. The molecule has 0 aliphatic rings. The third-order valence-electron chi connectivity index (χ3n) is 5.80. The Kier molecular flexibility index (Phi) is 7.45. The van der Waals surface area contributed by atoms with Crippen LogP contribution in [0.1, 0.15) is 27.0 Å². The first-order chi connectivity index (χ1) is 18.0. The van der Waals surface area contributed by atoms with Crippen molar-refractivity contribution in [1.82, 2.24) is 9.97 Å². The fourth-order valence-corrected chi connectivity index (χ4v) is 5.24. The molecule has 0 amide bonds. The first-order valence-corrected chi connectivity index (χ1v) is 13.2. The monoisotopic (exact) mass is 535 g/mol. The van der Waals surface area contributed by atoms with Gasteiger partial charge in [0.2, 0.25) is 15.7 Å². The lowest BCUT2D eigenvalue weighted by Gasteiger charge is -2.16. The molecule has 4 rings (SSSR count). The van der Waals surface area contributed by atoms with E-state index in [1.165, 1.54) is 55.6 Å². The van der Waals surface area contributed by atoms with Crippen LogP contribution in [-0.4, -0.2) is 37.0 Å². The van der Waals surface area contributed by atoms with Gasteiger partial charge in [-0.05, 0) is 74.4 Å². The molecular weight excluding hydrogens is 509 g/mol. The summed E-state index contributed by atoms with van der Waals surface area (Å²) in [6.07, 6.45) is 0. The number of carbonyl (C=O) groups excluding carboxylic acids is 1. The fraction of sp³-hybridized carbons (Fsp3) is 0.179. The Hall–Kier alpha value is -4.31. The molecule has 2 N–H and O–H groups in total. The minimum atomic E-state index is -4.12. The zero-order valence-corrected chi connectivity index (χ0v) is 22.1. The maximum Gasteiger partial charge on any atom is 0.230 e. The van der Waals surface area contributed by atoms with Gasteiger partial charge >= 0.3 is 0 Å². The second-order valence-electron chi connectivity index (χ2n) is 8.81. The molecule has 10 heteroatoms. The molecular formula is C28H26FN3O5S. The molecule has 0 spiro atoms. The lowest BCUT2D eigenvalue weighted by atomic mass is 10.1. The van der Waals surface area contributed by atoms with Gasteiger partial charge in [-0.3, -0.25) is 4.79 Å². The van der Waals surface area contributed by atoms with Gasteiger partial charge in [-0.1, -0.05) is 23.8 Å². The van der Waals surface area contributed by atoms with E-state index in [2.05, 4.69) is 9.97 Å². The predicted octanol–water partition coefficient (Wildman–Crippen LogP) is 5.25. The van der Waals surface area contributed by atoms with Crippen molar-refractivity contribution >= 4 is 21.4 Å². The zero-order chi connectivity index (χ0) is 27.6. The number of hydrogen-bond donors (Lipinski definition) is 1. The number of carbonyl (C=O) groups is 1. The van der Waals surface area contributed by atoms with E-state index in [-0.39, 0.29) is 33.5 Å². The van der Waals surface area contributed by atoms with Gasteiger partial charge in [-0.25, -0.2) is 22.8 Å². The molecule has 0 aliphatic heterocycles. The van der Waals surface area contributed by atoms with Crippen molar-refractivity contribution < 1.29 is 27.1 Å². The van der Waals surface area contributed by atoms with Gasteiger partial charge in [-0.2, -0.15) is 0 Å². The van der Waals surface area contributed by atoms with E-state index >= 15 is 0 Å². The Labute approximate surface area is 220 Å². The van der Waals surface area contributed by atoms with E-state index in [9.17, 15) is 17.6 Å². The smallest absolute Gasteiger partial charge is 0.230 e. The number of sulfone groups is 1. The topological polar surface area (TPSA) is 121 Å². The molecule has 0 bridgehead atoms. The van der Waals surface area contributed by atoms with Gasteiger partial charge in [0.25, 0.3) is 0 Å². The summed E-state index contributed by atoms with van der Waals surface area (Å²) in [5.41, 5.74) is 8.44. The molecule has 0 saturated heterocycles. The maximum absolute atomic E-state index is 14.7. The number of nitrogen functional groups attached to an aromatic ring is 1. The van der Waals surface area contributed by atoms with Crippen molar-refractivity contribution in [3.05, 3.63) is 88.7 Å². The van der Waals surface area contributed by atoms with Crippen LogP contribution < -0.4 is 15.2 Å². The quantitative estimate of drug-likeness (QED) is 0.304. The van der Waals surface area contributed by atoms with E-state index in [0.29, 0.717) is 11.5 Å². The number of anilines is 1. The highest BCUT2D eigenvalue weighted by molar-refractivity contribution is 7.92. The van der Waals surface area contributed by atoms with E-state index < -0.39 is 27.2 Å². The van der Waals surface area contributed by atoms with Gasteiger partial charge in [0, 0.05) is 5.56 Å². The molecule has 0 saturated carbocycles. The third-order valence-corrected chi connectivity index (χ3v) is 7.31. The molecule has 8 nitrogen and oxygen atoms in total. The second-order valence-corrected chi connectivity index (χ2v) is 10.7. The van der Waals surface area contributed by atoms with E-state index in [4.69, 9.17) is 15.2 Å². The summed E-state index contributed by atoms with van der Waals surface area (Å²) in [6.45, 7) is 5.63. The summed E-state index contributed by atoms with van der Waals surface area (Å²) in [6, 6.07) is 15.0. The molecule has 2 aromatic carbocycles. The van der Waals surface area contributed by atoms with E-state index in [1.807, 2.05) is 32.9 Å². The van der Waals surface area contributed by atoms with Gasteiger partial charge in [0.15, 0.2) is 10.8 Å². The minimum absolute atomic E-state index is 0.0132. The number of ether oxygens (including phenoxy) is 2. The number of hydrogen-bond acceptors (Lipinski definition) is 8. The van der Waals surface area contributed by atoms with E-state index in [1.54, 1.807) is 0 Å². The highest BCUT2D eigenvalue weighted by Gasteiger charge is 2.26. The molecule has 38 heavy (non-hydrogen) atoms. The average Bonchev–Trinajstić information content (AvgIpc) is 2.86. The molecule has 2 heterocycles. The molecule has 4 aromatic rings. The Bertz CT molecular complexity index is 1630. The van der Waals surface area contributed by atoms with Crippen molar-refractivity contribution in [3.63, 3.8) is 0 Å². The summed E-state index contributed by atoms with van der Waals surface area (Å²) in [5, 5.41) is -0.318. The van der Waals surface area contributed by atoms with Crippen LogP contribution in [0.15, 0.2) is 65.7 Å². The predicted molar refractivity (Wildman–Crippen MR) is 142 cm³/mol. The molecule has 0 atom stereocenters. The highest BCUT2D eigenvalue weighted by Crippen LogP contribution is 2.34. The van der Waals surface area contributed by atoms with Crippen molar-refractivity contribution in [3.8, 4) is 28.6 Å². The number of nitrogens with two attached hydrogens (primary N) is 1. The minimum Gasteiger partial charge on any atom is -0.497 e. The van der Waals surface area contributed by atoms with Crippen LogP contribution in [0.2, 0.25) is 0 Å². The molecule has 0 radical (unpaired) electrons. The number of Topliss-reactive ketones (excluding diaryl/α,β-unsaturated/α-hetero) is 1. The van der Waals surface area contributed by atoms with Crippen molar-refractivity contribution in [1.29, 1.82) is 0 Å². The Morgan fingerprint density at radius 1 is 0.974 bits per heavy atom. The van der Waals surface area contributed by atoms with Gasteiger partial charge in [0.1, 0.15) is 28.9 Å². The summed E-state index contributed by atoms with van der Waals surface area (Å²) in [4.78, 5) is 21.6. The fourth-order valence-electron chi connectivity index (χ4n) is 4.06. The van der Waals surface area contributed by atoms with Gasteiger partial charge < -0.3 is 15.2 Å². The summed E-state index contributed by atoms with van der Waals surface area (Å²) in [7, 11) is -2.66. The second kappa shape index (κ2) is 10.6. The molecule has 2 aromatic heterocycles. The Morgan fingerprint density at radius 2 is 1.68 bits per heavy atom. The number of rotatable bonds is 8. The largest absolute Gasteiger partial charge is 0.497 e. The number of ketones is 1. The first-order valence-electron chi connectivity index (χ1n) is 11.6. The zero-order valence-electron chi connectivity index (χ0n) is 21.3. The summed E-state index contributed by atoms with van der Waals surface area (Å²) >= 11 is 0. The molecule has 196 valence electrons. The van der Waals surface area contributed by atoms with Gasteiger partial charge in [-0.15, -0.1) is 0 Å². The average molecular weight is 536 g/mol. The maximum atomic E-state index is 14.7. The summed E-state index contributed by atoms with van der Waals surface area (Å²) in [5.74, 6) is -1.48. The van der Waals surface area contributed by atoms with Crippen LogP contribution in [0, 0.1) is 26.6 Å². The lowest BCUT2D eigenvalue weighted by Crippen LogP contribution is -2.19. The van der Waals surface area contributed by atoms with Crippen LogP contribution in [0.25, 0.3) is 11.3 Å². The van der Waals surface area contributed by atoms with Crippen LogP contribution in [-0.2, 0) is 9.84 Å². The third kappa shape index (κ3) is 5.65. The van der Waals surface area contributed by atoms with Crippen molar-refractivity contribution in [2.24, 2.45) is 0 Å². The number of halogens is 1. The Balaban J connectivity index is 1.81. The van der Waals surface area contributed by atoms with Crippen LogP contribution >= 0.6 is 0 Å². The van der Waals surface area contributed by atoms with E-state index in [0.717, 1.165) is 16.7 Å². The van der Waals surface area contributed by atoms with Crippen molar-refractivity contribution in [2.45, 2.75) is 25.8 Å². The first kappa shape index (κ1) is 26.7. The molecule has 0 unspecified atom stereocenters. The molecule has 0 aliphatic carbocycles. The standard InChI is InChI=1S/C28H26FN3O5S/c1-16-12-17(2)27(18(3)13-16)37-28-20(24(33)15-38(34,35)26-7-5-6-25(30)32-26)9-11-23(31-28)21-14-19(36-4)8-10-22(21)29/h5-14H,15H2,1-4H3,(H2,30,32). The SMILES string of the molecule is COc1ccc(F)c(-c2ccc(C(=O)CS(=O)(=O)c3cccc(N)n3)c(Oc3c(C)cc(C)cc3C)n2)c1. The lowest BCUT2D eigenvalue weighted by molar-refractivity contribution is 0.101. The number of methoxy groups -OCH3 is 1. The Morgan fingerprint density at radius 3 is 2.34 bits per heavy atom. The summed E-state index contributed by atoms with van der Waals surface area (Å²) < 4.78 is 51.9. The molecule has 0 fully saturated rings. The number of pyridine rings is 2. The van der Waals surface area contributed by atoms with Gasteiger partial charge in [0.05, 0.1) is 18.4 Å². The number of aryl methyl sites for hydroxylation is 3.